The zero-order chi connectivity index (χ0) is 11.1. The molecule has 0 heterocycles. The number of benzene rings is 1. The minimum Gasteiger partial charge on any atom is -0.308 e. The summed E-state index contributed by atoms with van der Waals surface area (Å²) in [6.07, 6.45) is 1.84. The van der Waals surface area contributed by atoms with Gasteiger partial charge in [-0.2, -0.15) is 0 Å². The molecule has 1 atom stereocenters. The van der Waals surface area contributed by atoms with E-state index in [1.54, 1.807) is 6.92 Å². The van der Waals surface area contributed by atoms with Crippen LogP contribution in [0, 0.1) is 0 Å². The molecule has 1 unspecified atom stereocenters. The van der Waals surface area contributed by atoms with Crippen LogP contribution in [0.25, 0.3) is 0 Å². The Labute approximate surface area is 91.7 Å². The van der Waals surface area contributed by atoms with Crippen molar-refractivity contribution in [3.63, 3.8) is 0 Å². The van der Waals surface area contributed by atoms with E-state index in [9.17, 15) is 4.79 Å². The maximum Gasteiger partial charge on any atom is 0.146 e. The van der Waals surface area contributed by atoms with Crippen LogP contribution in [0.3, 0.4) is 0 Å². The highest BCUT2D eigenvalue weighted by atomic mass is 16.1. The number of nitrogens with one attached hydrogen (secondary N) is 1. The molecule has 0 saturated heterocycles. The topological polar surface area (TPSA) is 29.1 Å². The van der Waals surface area contributed by atoms with Crippen molar-refractivity contribution in [1.82, 2.24) is 5.32 Å². The number of hydrogen-bond donors (Lipinski definition) is 1. The first-order valence-electron chi connectivity index (χ1n) is 5.51. The molecular weight excluding hydrogens is 186 g/mol. The van der Waals surface area contributed by atoms with Crippen molar-refractivity contribution in [3.05, 3.63) is 35.9 Å². The van der Waals surface area contributed by atoms with Crippen molar-refractivity contribution in [2.45, 2.75) is 32.7 Å². The van der Waals surface area contributed by atoms with E-state index in [-0.39, 0.29) is 11.8 Å². The van der Waals surface area contributed by atoms with Crippen molar-refractivity contribution in [2.75, 3.05) is 6.54 Å². The highest BCUT2D eigenvalue weighted by Gasteiger charge is 2.11. The van der Waals surface area contributed by atoms with E-state index >= 15 is 0 Å². The van der Waals surface area contributed by atoms with E-state index in [0.717, 1.165) is 19.4 Å². The molecule has 2 nitrogen and oxygen atoms in total. The van der Waals surface area contributed by atoms with Gasteiger partial charge >= 0.3 is 0 Å². The van der Waals surface area contributed by atoms with Crippen molar-refractivity contribution >= 4 is 5.78 Å². The molecule has 82 valence electrons. The van der Waals surface area contributed by atoms with Gasteiger partial charge in [0.05, 0.1) is 6.04 Å². The van der Waals surface area contributed by atoms with Gasteiger partial charge in [0.25, 0.3) is 0 Å². The van der Waals surface area contributed by atoms with Gasteiger partial charge < -0.3 is 5.32 Å². The summed E-state index contributed by atoms with van der Waals surface area (Å²) in [5.41, 5.74) is 1.29. The number of carbonyl (C=O) groups excluding carboxylic acids is 1. The molecule has 1 aromatic carbocycles. The number of likely N-dealkylation sites (N-methyl/N-ethyl adjacent to an activating group) is 1. The van der Waals surface area contributed by atoms with Crippen LogP contribution < -0.4 is 5.32 Å². The number of Topliss-reactive ketones (excluding diaryl/α,β-unsaturated/α-hetero) is 1. The summed E-state index contributed by atoms with van der Waals surface area (Å²) < 4.78 is 0. The molecule has 0 fully saturated rings. The van der Waals surface area contributed by atoms with Gasteiger partial charge in [-0.3, -0.25) is 4.79 Å². The summed E-state index contributed by atoms with van der Waals surface area (Å²) in [5.74, 6) is 0.229. The Kier molecular flexibility index (Phi) is 5.05. The molecule has 0 aliphatic heterocycles. The summed E-state index contributed by atoms with van der Waals surface area (Å²) in [7, 11) is 0. The van der Waals surface area contributed by atoms with E-state index < -0.39 is 0 Å². The fourth-order valence-electron chi connectivity index (χ4n) is 1.65. The summed E-state index contributed by atoms with van der Waals surface area (Å²) >= 11 is 0. The summed E-state index contributed by atoms with van der Waals surface area (Å²) in [4.78, 5) is 11.3. The highest BCUT2D eigenvalue weighted by molar-refractivity contribution is 5.81. The quantitative estimate of drug-likeness (QED) is 0.771. The zero-order valence-corrected chi connectivity index (χ0v) is 9.49. The second kappa shape index (κ2) is 6.36. The van der Waals surface area contributed by atoms with Gasteiger partial charge in [0.15, 0.2) is 0 Å². The first-order chi connectivity index (χ1) is 7.24. The number of rotatable bonds is 6. The second-order valence-electron chi connectivity index (χ2n) is 3.75. The van der Waals surface area contributed by atoms with Gasteiger partial charge in [0.1, 0.15) is 5.78 Å². The molecule has 15 heavy (non-hydrogen) atoms. The van der Waals surface area contributed by atoms with Crippen molar-refractivity contribution in [2.24, 2.45) is 0 Å². The molecule has 0 radical (unpaired) electrons. The van der Waals surface area contributed by atoms with Crippen LogP contribution in [0.15, 0.2) is 30.3 Å². The average Bonchev–Trinajstić information content (AvgIpc) is 2.25. The Morgan fingerprint density at radius 1 is 1.33 bits per heavy atom. The van der Waals surface area contributed by atoms with Gasteiger partial charge in [0, 0.05) is 0 Å². The lowest BCUT2D eigenvalue weighted by Crippen LogP contribution is -2.35. The lowest BCUT2D eigenvalue weighted by molar-refractivity contribution is -0.119. The Morgan fingerprint density at radius 2 is 2.00 bits per heavy atom. The van der Waals surface area contributed by atoms with Crippen LogP contribution in [0.5, 0.6) is 0 Å². The van der Waals surface area contributed by atoms with Crippen LogP contribution in [0.4, 0.5) is 0 Å². The van der Waals surface area contributed by atoms with E-state index in [2.05, 4.69) is 17.4 Å². The summed E-state index contributed by atoms with van der Waals surface area (Å²) in [5, 5.41) is 3.20. The van der Waals surface area contributed by atoms with Crippen LogP contribution in [0.2, 0.25) is 0 Å². The molecule has 0 spiro atoms. The Bertz CT molecular complexity index is 295. The largest absolute Gasteiger partial charge is 0.308 e. The Balaban J connectivity index is 2.43. The summed E-state index contributed by atoms with van der Waals surface area (Å²) in [6, 6.07) is 10.3. The van der Waals surface area contributed by atoms with Gasteiger partial charge in [-0.1, -0.05) is 37.3 Å². The SMILES string of the molecule is CCNC(CCc1ccccc1)C(C)=O. The number of hydrogen-bond acceptors (Lipinski definition) is 2. The summed E-state index contributed by atoms with van der Waals surface area (Å²) in [6.45, 7) is 4.52. The van der Waals surface area contributed by atoms with E-state index in [1.807, 2.05) is 25.1 Å². The fourth-order valence-corrected chi connectivity index (χ4v) is 1.65. The van der Waals surface area contributed by atoms with Gasteiger partial charge in [0.2, 0.25) is 0 Å². The van der Waals surface area contributed by atoms with Gasteiger partial charge in [-0.15, -0.1) is 0 Å². The molecule has 1 N–H and O–H groups in total. The average molecular weight is 205 g/mol. The van der Waals surface area contributed by atoms with Crippen LogP contribution >= 0.6 is 0 Å². The fraction of sp³-hybridized carbons (Fsp3) is 0.462. The molecule has 1 rings (SSSR count). The molecule has 1 aromatic rings. The third kappa shape index (κ3) is 4.26. The predicted molar refractivity (Wildman–Crippen MR) is 62.9 cm³/mol. The molecule has 0 aliphatic rings. The maximum atomic E-state index is 11.3. The zero-order valence-electron chi connectivity index (χ0n) is 9.49. The number of aryl methyl sites for hydroxylation is 1. The van der Waals surface area contributed by atoms with Gasteiger partial charge in [-0.05, 0) is 31.9 Å². The van der Waals surface area contributed by atoms with Gasteiger partial charge in [-0.25, -0.2) is 0 Å². The smallest absolute Gasteiger partial charge is 0.146 e. The van der Waals surface area contributed by atoms with Crippen LogP contribution in [-0.2, 0) is 11.2 Å². The predicted octanol–water partition coefficient (Wildman–Crippen LogP) is 2.19. The van der Waals surface area contributed by atoms with Crippen molar-refractivity contribution < 1.29 is 4.79 Å². The van der Waals surface area contributed by atoms with Crippen molar-refractivity contribution in [1.29, 1.82) is 0 Å². The Morgan fingerprint density at radius 3 is 2.53 bits per heavy atom. The minimum absolute atomic E-state index is 0.00945. The van der Waals surface area contributed by atoms with E-state index in [0.29, 0.717) is 0 Å². The lowest BCUT2D eigenvalue weighted by Gasteiger charge is -2.14. The molecule has 0 aliphatic carbocycles. The van der Waals surface area contributed by atoms with Crippen molar-refractivity contribution in [3.8, 4) is 0 Å². The molecule has 0 amide bonds. The maximum absolute atomic E-state index is 11.3. The third-order valence-corrected chi connectivity index (χ3v) is 2.51. The molecule has 0 aromatic heterocycles. The molecule has 0 bridgehead atoms. The minimum atomic E-state index is 0.00945. The third-order valence-electron chi connectivity index (χ3n) is 2.51. The molecule has 2 heteroatoms. The number of carbonyl (C=O) groups is 1. The monoisotopic (exact) mass is 205 g/mol. The van der Waals surface area contributed by atoms with E-state index in [1.165, 1.54) is 5.56 Å². The first kappa shape index (κ1) is 11.9. The lowest BCUT2D eigenvalue weighted by atomic mass is 10.0. The highest BCUT2D eigenvalue weighted by Crippen LogP contribution is 2.05. The number of ketones is 1. The normalized spacial score (nSPS) is 12.4. The first-order valence-corrected chi connectivity index (χ1v) is 5.51. The second-order valence-corrected chi connectivity index (χ2v) is 3.75. The van der Waals surface area contributed by atoms with E-state index in [4.69, 9.17) is 0 Å². The van der Waals surface area contributed by atoms with Crippen LogP contribution in [0.1, 0.15) is 25.8 Å². The van der Waals surface area contributed by atoms with Crippen LogP contribution in [-0.4, -0.2) is 18.4 Å². The Hall–Kier alpha value is -1.15. The molecular formula is C13H19NO. The molecule has 0 saturated carbocycles. The standard InChI is InChI=1S/C13H19NO/c1-3-14-13(11(2)15)10-9-12-7-5-4-6-8-12/h4-8,13-14H,3,9-10H2,1-2H3.